The summed E-state index contributed by atoms with van der Waals surface area (Å²) in [6.45, 7) is 2.12. The molecule has 3 rings (SSSR count). The first kappa shape index (κ1) is 13.0. The Morgan fingerprint density at radius 1 is 1.47 bits per heavy atom. The zero-order valence-corrected chi connectivity index (χ0v) is 11.2. The van der Waals surface area contributed by atoms with Gasteiger partial charge in [0.05, 0.1) is 12.2 Å². The number of Topliss-reactive ketones (excluding diaryl/α,β-unsaturated/α-hetero) is 1. The highest BCUT2D eigenvalue weighted by Crippen LogP contribution is 2.25. The van der Waals surface area contributed by atoms with Gasteiger partial charge in [-0.2, -0.15) is 0 Å². The second kappa shape index (κ2) is 5.19. The average molecular weight is 284 g/mol. The van der Waals surface area contributed by atoms with Crippen LogP contribution < -0.4 is 0 Å². The maximum atomic E-state index is 13.7. The van der Waals surface area contributed by atoms with Gasteiger partial charge in [0.1, 0.15) is 11.9 Å². The van der Waals surface area contributed by atoms with Crippen LogP contribution in [0.4, 0.5) is 4.39 Å². The van der Waals surface area contributed by atoms with E-state index in [1.54, 1.807) is 0 Å². The molecule has 0 saturated carbocycles. The van der Waals surface area contributed by atoms with E-state index in [1.807, 2.05) is 0 Å². The molecule has 0 amide bonds. The van der Waals surface area contributed by atoms with Gasteiger partial charge in [-0.25, -0.2) is 4.39 Å². The number of fused-ring (bicyclic) bond motifs is 1. The molecular formula is C14H15ClFNO2. The van der Waals surface area contributed by atoms with Crippen LogP contribution in [0.25, 0.3) is 0 Å². The average Bonchev–Trinajstić information content (AvgIpc) is 2.85. The Hall–Kier alpha value is -0.970. The van der Waals surface area contributed by atoms with E-state index < -0.39 is 11.9 Å². The number of nitrogens with zero attached hydrogens (tertiary/aromatic N) is 1. The highest BCUT2D eigenvalue weighted by Gasteiger charge is 2.36. The van der Waals surface area contributed by atoms with E-state index >= 15 is 0 Å². The maximum Gasteiger partial charge on any atom is 0.195 e. The van der Waals surface area contributed by atoms with E-state index in [2.05, 4.69) is 4.90 Å². The van der Waals surface area contributed by atoms with Crippen LogP contribution >= 0.6 is 11.6 Å². The lowest BCUT2D eigenvalue weighted by atomic mass is 10.0. The number of morpholine rings is 1. The first-order chi connectivity index (χ1) is 9.15. The molecule has 2 heterocycles. The van der Waals surface area contributed by atoms with Crippen molar-refractivity contribution < 1.29 is 13.9 Å². The predicted octanol–water partition coefficient (Wildman–Crippen LogP) is 2.53. The van der Waals surface area contributed by atoms with Crippen LogP contribution in [0.3, 0.4) is 0 Å². The van der Waals surface area contributed by atoms with Gasteiger partial charge in [0.15, 0.2) is 5.78 Å². The quantitative estimate of drug-likeness (QED) is 0.781. The largest absolute Gasteiger partial charge is 0.367 e. The van der Waals surface area contributed by atoms with E-state index in [1.165, 1.54) is 12.1 Å². The molecule has 0 spiro atoms. The van der Waals surface area contributed by atoms with Crippen molar-refractivity contribution in [1.82, 2.24) is 4.90 Å². The number of carbonyl (C=O) groups is 1. The topological polar surface area (TPSA) is 29.5 Å². The van der Waals surface area contributed by atoms with Crippen LogP contribution in [-0.2, 0) is 4.74 Å². The Morgan fingerprint density at radius 3 is 3.11 bits per heavy atom. The molecule has 0 aliphatic carbocycles. The molecule has 0 aromatic heterocycles. The molecule has 0 bridgehead atoms. The number of hydrogen-bond donors (Lipinski definition) is 0. The SMILES string of the molecule is O=C(c1ccc(Cl)cc1F)C1CN2CCCC2CO1. The monoisotopic (exact) mass is 283 g/mol. The molecule has 0 N–H and O–H groups in total. The minimum absolute atomic E-state index is 0.0621. The Balaban J connectivity index is 1.76. The van der Waals surface area contributed by atoms with Gasteiger partial charge in [-0.1, -0.05) is 11.6 Å². The van der Waals surface area contributed by atoms with Gasteiger partial charge in [0, 0.05) is 17.6 Å². The van der Waals surface area contributed by atoms with Crippen LogP contribution in [0.2, 0.25) is 5.02 Å². The van der Waals surface area contributed by atoms with Crippen LogP contribution in [0.1, 0.15) is 23.2 Å². The molecule has 0 radical (unpaired) electrons. The third-order valence-electron chi connectivity index (χ3n) is 3.88. The lowest BCUT2D eigenvalue weighted by Crippen LogP contribution is -2.49. The van der Waals surface area contributed by atoms with Crippen LogP contribution in [-0.4, -0.2) is 42.5 Å². The summed E-state index contributed by atoms with van der Waals surface area (Å²) >= 11 is 5.69. The number of rotatable bonds is 2. The lowest BCUT2D eigenvalue weighted by Gasteiger charge is -2.34. The molecule has 2 fully saturated rings. The summed E-state index contributed by atoms with van der Waals surface area (Å²) in [5.41, 5.74) is 0.0621. The number of ketones is 1. The van der Waals surface area contributed by atoms with Crippen molar-refractivity contribution in [2.75, 3.05) is 19.7 Å². The molecule has 2 aliphatic rings. The Labute approximate surface area is 116 Å². The summed E-state index contributed by atoms with van der Waals surface area (Å²) in [5, 5.41) is 0.290. The first-order valence-corrected chi connectivity index (χ1v) is 6.88. The molecule has 5 heteroatoms. The van der Waals surface area contributed by atoms with Gasteiger partial charge in [0.2, 0.25) is 0 Å². The van der Waals surface area contributed by atoms with E-state index in [0.717, 1.165) is 25.5 Å². The van der Waals surface area contributed by atoms with Gasteiger partial charge in [-0.05, 0) is 37.6 Å². The molecular weight excluding hydrogens is 269 g/mol. The van der Waals surface area contributed by atoms with E-state index in [9.17, 15) is 9.18 Å². The zero-order valence-electron chi connectivity index (χ0n) is 10.4. The fourth-order valence-corrected chi connectivity index (χ4v) is 3.00. The summed E-state index contributed by atoms with van der Waals surface area (Å²) in [7, 11) is 0. The normalized spacial score (nSPS) is 27.3. The summed E-state index contributed by atoms with van der Waals surface area (Å²) in [6.07, 6.45) is 1.70. The lowest BCUT2D eigenvalue weighted by molar-refractivity contribution is -0.0346. The van der Waals surface area contributed by atoms with E-state index in [-0.39, 0.29) is 11.3 Å². The van der Waals surface area contributed by atoms with Gasteiger partial charge in [0.25, 0.3) is 0 Å². The fraction of sp³-hybridized carbons (Fsp3) is 0.500. The summed E-state index contributed by atoms with van der Waals surface area (Å²) in [6, 6.07) is 4.55. The molecule has 1 aromatic carbocycles. The second-order valence-corrected chi connectivity index (χ2v) is 5.54. The van der Waals surface area contributed by atoms with Crippen molar-refractivity contribution in [2.45, 2.75) is 25.0 Å². The maximum absolute atomic E-state index is 13.7. The van der Waals surface area contributed by atoms with Gasteiger partial charge >= 0.3 is 0 Å². The molecule has 19 heavy (non-hydrogen) atoms. The minimum Gasteiger partial charge on any atom is -0.367 e. The van der Waals surface area contributed by atoms with Crippen LogP contribution in [0, 0.1) is 5.82 Å². The van der Waals surface area contributed by atoms with Crippen LogP contribution in [0.15, 0.2) is 18.2 Å². The van der Waals surface area contributed by atoms with Crippen molar-refractivity contribution in [1.29, 1.82) is 0 Å². The standard InChI is InChI=1S/C14H15ClFNO2/c15-9-3-4-11(12(16)6-9)14(18)13-7-17-5-1-2-10(17)8-19-13/h3-4,6,10,13H,1-2,5,7-8H2. The summed E-state index contributed by atoms with van der Waals surface area (Å²) in [4.78, 5) is 14.5. The van der Waals surface area contributed by atoms with Gasteiger partial charge in [-0.15, -0.1) is 0 Å². The third-order valence-corrected chi connectivity index (χ3v) is 4.11. The number of ether oxygens (including phenoxy) is 1. The molecule has 2 aliphatic heterocycles. The van der Waals surface area contributed by atoms with Crippen molar-refractivity contribution in [3.8, 4) is 0 Å². The molecule has 102 valence electrons. The van der Waals surface area contributed by atoms with Crippen molar-refractivity contribution in [2.24, 2.45) is 0 Å². The highest BCUT2D eigenvalue weighted by molar-refractivity contribution is 6.30. The fourth-order valence-electron chi connectivity index (χ4n) is 2.84. The van der Waals surface area contributed by atoms with Crippen molar-refractivity contribution in [3.05, 3.63) is 34.6 Å². The summed E-state index contributed by atoms with van der Waals surface area (Å²) in [5.74, 6) is -0.871. The van der Waals surface area contributed by atoms with E-state index in [0.29, 0.717) is 24.2 Å². The highest BCUT2D eigenvalue weighted by atomic mass is 35.5. The molecule has 3 nitrogen and oxygen atoms in total. The van der Waals surface area contributed by atoms with Gasteiger partial charge < -0.3 is 4.74 Å². The van der Waals surface area contributed by atoms with Crippen LogP contribution in [0.5, 0.6) is 0 Å². The Kier molecular flexibility index (Phi) is 3.56. The number of hydrogen-bond acceptors (Lipinski definition) is 3. The van der Waals surface area contributed by atoms with Crippen molar-refractivity contribution in [3.63, 3.8) is 0 Å². The Morgan fingerprint density at radius 2 is 2.32 bits per heavy atom. The third kappa shape index (κ3) is 2.53. The molecule has 2 atom stereocenters. The number of benzene rings is 1. The Bertz CT molecular complexity index is 508. The summed E-state index contributed by atoms with van der Waals surface area (Å²) < 4.78 is 19.4. The van der Waals surface area contributed by atoms with E-state index in [4.69, 9.17) is 16.3 Å². The smallest absolute Gasteiger partial charge is 0.195 e. The van der Waals surface area contributed by atoms with Gasteiger partial charge in [-0.3, -0.25) is 9.69 Å². The zero-order chi connectivity index (χ0) is 13.4. The number of halogens is 2. The number of carbonyl (C=O) groups excluding carboxylic acids is 1. The van der Waals surface area contributed by atoms with Crippen molar-refractivity contribution >= 4 is 17.4 Å². The first-order valence-electron chi connectivity index (χ1n) is 6.50. The second-order valence-electron chi connectivity index (χ2n) is 5.10. The minimum atomic E-state index is -0.579. The molecule has 2 unspecified atom stereocenters. The predicted molar refractivity (Wildman–Crippen MR) is 70.1 cm³/mol. The molecule has 2 saturated heterocycles. The molecule has 1 aromatic rings.